The molecule has 1 aliphatic rings. The molecule has 5 nitrogen and oxygen atoms in total. The lowest BCUT2D eigenvalue weighted by molar-refractivity contribution is -0.945. The third-order valence-corrected chi connectivity index (χ3v) is 4.71. The number of amides is 1. The Balaban J connectivity index is 2.29. The predicted octanol–water partition coefficient (Wildman–Crippen LogP) is 1.48. The van der Waals surface area contributed by atoms with Gasteiger partial charge in [-0.05, 0) is 5.41 Å². The van der Waals surface area contributed by atoms with E-state index >= 15 is 0 Å². The molecule has 5 heteroatoms. The van der Waals surface area contributed by atoms with Crippen LogP contribution >= 0.6 is 0 Å². The van der Waals surface area contributed by atoms with Crippen LogP contribution < -0.4 is 5.11 Å². The standard InChI is InChI=1S/C16H21NO4/c1-15(2,3)16(13(18)19)10-17(11-16,14(20)21)9-12-7-5-4-6-8-12/h4-8H,9-11H2,1-3H3,(H-,18,19,20,21). The minimum Gasteiger partial charge on any atom is -0.498 e. The lowest BCUT2D eigenvalue weighted by Gasteiger charge is -2.59. The van der Waals surface area contributed by atoms with Gasteiger partial charge in [-0.2, -0.15) is 0 Å². The van der Waals surface area contributed by atoms with Gasteiger partial charge in [-0.3, -0.25) is 9.28 Å². The molecule has 1 heterocycles. The van der Waals surface area contributed by atoms with E-state index in [1.54, 1.807) is 0 Å². The first kappa shape index (κ1) is 15.5. The van der Waals surface area contributed by atoms with Crippen molar-refractivity contribution in [3.05, 3.63) is 35.9 Å². The predicted molar refractivity (Wildman–Crippen MR) is 75.1 cm³/mol. The van der Waals surface area contributed by atoms with Crippen LogP contribution in [0.2, 0.25) is 0 Å². The van der Waals surface area contributed by atoms with E-state index in [1.807, 2.05) is 51.1 Å². The number of carboxylic acids is 1. The third kappa shape index (κ3) is 2.42. The quantitative estimate of drug-likeness (QED) is 0.856. The second-order valence-corrected chi connectivity index (χ2v) is 7.01. The van der Waals surface area contributed by atoms with Gasteiger partial charge in [0, 0.05) is 5.56 Å². The minimum atomic E-state index is -1.21. The highest BCUT2D eigenvalue weighted by atomic mass is 16.4. The van der Waals surface area contributed by atoms with Crippen molar-refractivity contribution in [1.82, 2.24) is 0 Å². The summed E-state index contributed by atoms with van der Waals surface area (Å²) in [4.78, 5) is 23.3. The number of likely N-dealkylation sites (tertiary alicyclic amines) is 1. The Kier molecular flexibility index (Phi) is 3.58. The van der Waals surface area contributed by atoms with Crippen molar-refractivity contribution in [3.63, 3.8) is 0 Å². The maximum Gasteiger partial charge on any atom is 0.321 e. The molecule has 21 heavy (non-hydrogen) atoms. The van der Waals surface area contributed by atoms with Gasteiger partial charge < -0.3 is 15.0 Å². The molecule has 0 aromatic heterocycles. The van der Waals surface area contributed by atoms with Crippen molar-refractivity contribution in [1.29, 1.82) is 0 Å². The highest BCUT2D eigenvalue weighted by Crippen LogP contribution is 2.50. The summed E-state index contributed by atoms with van der Waals surface area (Å²) in [5.41, 5.74) is -0.663. The van der Waals surface area contributed by atoms with Gasteiger partial charge in [-0.15, -0.1) is 0 Å². The van der Waals surface area contributed by atoms with Crippen LogP contribution in [0.4, 0.5) is 4.79 Å². The van der Waals surface area contributed by atoms with Crippen LogP contribution in [-0.2, 0) is 11.3 Å². The Labute approximate surface area is 124 Å². The fourth-order valence-electron chi connectivity index (χ4n) is 3.16. The summed E-state index contributed by atoms with van der Waals surface area (Å²) in [6, 6.07) is 9.24. The Morgan fingerprint density at radius 1 is 1.24 bits per heavy atom. The fraction of sp³-hybridized carbons (Fsp3) is 0.500. The number of aliphatic carboxylic acids is 1. The number of quaternary nitrogens is 1. The zero-order valence-electron chi connectivity index (χ0n) is 12.6. The summed E-state index contributed by atoms with van der Waals surface area (Å²) in [5, 5.41) is 21.2. The SMILES string of the molecule is CC(C)(C)C1(C(=O)O)C[N+](Cc2ccccc2)(C(=O)[O-])C1. The molecule has 1 aromatic rings. The Morgan fingerprint density at radius 3 is 2.14 bits per heavy atom. The molecule has 1 fully saturated rings. The molecule has 0 spiro atoms. The van der Waals surface area contributed by atoms with Gasteiger partial charge in [0.15, 0.2) is 5.41 Å². The molecule has 1 saturated heterocycles. The zero-order valence-corrected chi connectivity index (χ0v) is 12.6. The minimum absolute atomic E-state index is 0.0586. The number of hydrogen-bond donors (Lipinski definition) is 1. The molecule has 0 unspecified atom stereocenters. The van der Waals surface area contributed by atoms with Crippen LogP contribution in [0, 0.1) is 10.8 Å². The molecule has 0 bridgehead atoms. The summed E-state index contributed by atoms with van der Waals surface area (Å²) in [5.74, 6) is -0.932. The summed E-state index contributed by atoms with van der Waals surface area (Å²) in [6.45, 7) is 5.90. The summed E-state index contributed by atoms with van der Waals surface area (Å²) < 4.78 is -0.326. The largest absolute Gasteiger partial charge is 0.498 e. The molecule has 1 amide bonds. The van der Waals surface area contributed by atoms with Crippen LogP contribution in [0.1, 0.15) is 26.3 Å². The number of rotatable bonds is 3. The second kappa shape index (κ2) is 4.84. The summed E-state index contributed by atoms with van der Waals surface area (Å²) in [6.07, 6.45) is -1.21. The van der Waals surface area contributed by atoms with E-state index in [2.05, 4.69) is 0 Å². The number of benzene rings is 1. The fourth-order valence-corrected chi connectivity index (χ4v) is 3.16. The summed E-state index contributed by atoms with van der Waals surface area (Å²) >= 11 is 0. The molecule has 1 aromatic carbocycles. The van der Waals surface area contributed by atoms with Crippen LogP contribution in [-0.4, -0.2) is 34.7 Å². The third-order valence-electron chi connectivity index (χ3n) is 4.71. The molecule has 2 rings (SSSR count). The van der Waals surface area contributed by atoms with E-state index in [9.17, 15) is 19.8 Å². The van der Waals surface area contributed by atoms with Crippen LogP contribution in [0.3, 0.4) is 0 Å². The Bertz CT molecular complexity index is 553. The smallest absolute Gasteiger partial charge is 0.321 e. The molecule has 0 radical (unpaired) electrons. The van der Waals surface area contributed by atoms with E-state index in [1.165, 1.54) is 0 Å². The topological polar surface area (TPSA) is 77.4 Å². The van der Waals surface area contributed by atoms with Crippen LogP contribution in [0.15, 0.2) is 30.3 Å². The van der Waals surface area contributed by atoms with Gasteiger partial charge >= 0.3 is 5.97 Å². The van der Waals surface area contributed by atoms with Gasteiger partial charge in [0.05, 0.1) is 0 Å². The lowest BCUT2D eigenvalue weighted by Crippen LogP contribution is -2.79. The van der Waals surface area contributed by atoms with E-state index < -0.39 is 22.9 Å². The van der Waals surface area contributed by atoms with E-state index in [0.29, 0.717) is 0 Å². The first-order chi connectivity index (χ1) is 9.63. The van der Waals surface area contributed by atoms with Crippen molar-refractivity contribution in [2.24, 2.45) is 10.8 Å². The molecular formula is C16H21NO4. The average Bonchev–Trinajstić information content (AvgIpc) is 2.31. The van der Waals surface area contributed by atoms with Gasteiger partial charge in [-0.1, -0.05) is 51.1 Å². The van der Waals surface area contributed by atoms with Crippen molar-refractivity contribution in [2.45, 2.75) is 27.3 Å². The van der Waals surface area contributed by atoms with E-state index in [-0.39, 0.29) is 24.1 Å². The van der Waals surface area contributed by atoms with Gasteiger partial charge in [0.25, 0.3) is 6.09 Å². The molecule has 0 atom stereocenters. The number of carboxylic acid groups (broad SMARTS) is 2. The number of carbonyl (C=O) groups excluding carboxylic acids is 1. The Morgan fingerprint density at radius 2 is 1.76 bits per heavy atom. The van der Waals surface area contributed by atoms with Crippen molar-refractivity contribution in [3.8, 4) is 0 Å². The first-order valence-corrected chi connectivity index (χ1v) is 6.98. The highest BCUT2D eigenvalue weighted by Gasteiger charge is 2.67. The number of hydrogen-bond acceptors (Lipinski definition) is 3. The molecular weight excluding hydrogens is 270 g/mol. The summed E-state index contributed by atoms with van der Waals surface area (Å²) in [7, 11) is 0. The van der Waals surface area contributed by atoms with E-state index in [0.717, 1.165) is 5.56 Å². The first-order valence-electron chi connectivity index (χ1n) is 6.98. The molecule has 1 aliphatic heterocycles. The maximum absolute atomic E-state index is 11.7. The van der Waals surface area contributed by atoms with Crippen molar-refractivity contribution >= 4 is 12.1 Å². The number of carbonyl (C=O) groups is 2. The zero-order chi connectivity index (χ0) is 15.9. The van der Waals surface area contributed by atoms with Crippen molar-refractivity contribution < 1.29 is 24.3 Å². The molecule has 0 aliphatic carbocycles. The molecule has 1 N–H and O–H groups in total. The lowest BCUT2D eigenvalue weighted by atomic mass is 9.60. The molecule has 114 valence electrons. The number of nitrogens with zero attached hydrogens (tertiary/aromatic N) is 1. The van der Waals surface area contributed by atoms with Crippen LogP contribution in [0.5, 0.6) is 0 Å². The molecule has 0 saturated carbocycles. The van der Waals surface area contributed by atoms with E-state index in [4.69, 9.17) is 0 Å². The van der Waals surface area contributed by atoms with Gasteiger partial charge in [0.1, 0.15) is 19.6 Å². The van der Waals surface area contributed by atoms with Gasteiger partial charge in [-0.25, -0.2) is 0 Å². The van der Waals surface area contributed by atoms with Crippen LogP contribution in [0.25, 0.3) is 0 Å². The van der Waals surface area contributed by atoms with Crippen molar-refractivity contribution in [2.75, 3.05) is 13.1 Å². The maximum atomic E-state index is 11.7. The normalized spacial score (nSPS) is 28.7. The second-order valence-electron chi connectivity index (χ2n) is 7.01. The Hall–Kier alpha value is -1.88. The monoisotopic (exact) mass is 291 g/mol. The highest BCUT2D eigenvalue weighted by molar-refractivity contribution is 5.78. The average molecular weight is 291 g/mol. The van der Waals surface area contributed by atoms with Gasteiger partial charge in [0.2, 0.25) is 0 Å².